The van der Waals surface area contributed by atoms with Crippen LogP contribution in [0.3, 0.4) is 0 Å². The lowest BCUT2D eigenvalue weighted by atomic mass is 9.82. The van der Waals surface area contributed by atoms with Crippen molar-refractivity contribution < 1.29 is 0 Å². The zero-order valence-electron chi connectivity index (χ0n) is 10.6. The number of para-hydroxylation sites is 1. The lowest BCUT2D eigenvalue weighted by Crippen LogP contribution is -2.31. The Morgan fingerprint density at radius 2 is 1.72 bits per heavy atom. The van der Waals surface area contributed by atoms with Gasteiger partial charge < -0.3 is 4.90 Å². The van der Waals surface area contributed by atoms with Gasteiger partial charge in [0.1, 0.15) is 0 Å². The Balaban J connectivity index is 1.93. The van der Waals surface area contributed by atoms with Crippen molar-refractivity contribution in [2.24, 2.45) is 5.92 Å². The maximum Gasteiger partial charge on any atom is 0.0405 e. The Hall–Kier alpha value is -1.76. The van der Waals surface area contributed by atoms with E-state index >= 15 is 0 Å². The fraction of sp³-hybridized carbons (Fsp3) is 0.294. The van der Waals surface area contributed by atoms with Gasteiger partial charge in [0, 0.05) is 24.7 Å². The van der Waals surface area contributed by atoms with Gasteiger partial charge in [0.25, 0.3) is 0 Å². The van der Waals surface area contributed by atoms with E-state index < -0.39 is 0 Å². The zero-order valence-corrected chi connectivity index (χ0v) is 10.6. The summed E-state index contributed by atoms with van der Waals surface area (Å²) in [7, 11) is 2.21. The second kappa shape index (κ2) is 3.38. The molecule has 1 heterocycles. The third kappa shape index (κ3) is 1.17. The Morgan fingerprint density at radius 3 is 2.56 bits per heavy atom. The molecule has 18 heavy (non-hydrogen) atoms. The summed E-state index contributed by atoms with van der Waals surface area (Å²) in [5.41, 5.74) is 4.74. The summed E-state index contributed by atoms with van der Waals surface area (Å²) in [4.78, 5) is 2.41. The summed E-state index contributed by atoms with van der Waals surface area (Å²) in [6.45, 7) is 1.19. The van der Waals surface area contributed by atoms with E-state index in [0.29, 0.717) is 5.41 Å². The van der Waals surface area contributed by atoms with Crippen molar-refractivity contribution in [2.45, 2.75) is 11.8 Å². The molecular formula is C17H17N. The number of anilines is 1. The van der Waals surface area contributed by atoms with Gasteiger partial charge in [-0.2, -0.15) is 0 Å². The van der Waals surface area contributed by atoms with Crippen LogP contribution in [0.2, 0.25) is 0 Å². The van der Waals surface area contributed by atoms with E-state index in [-0.39, 0.29) is 0 Å². The molecule has 90 valence electrons. The van der Waals surface area contributed by atoms with Crippen molar-refractivity contribution in [1.82, 2.24) is 0 Å². The molecule has 0 unspecified atom stereocenters. The SMILES string of the molecule is CN1C[C@@H]2C[C@]2(c2ccccc2)c2ccccc21. The highest BCUT2D eigenvalue weighted by molar-refractivity contribution is 5.66. The van der Waals surface area contributed by atoms with E-state index in [1.54, 1.807) is 0 Å². The number of hydrogen-bond donors (Lipinski definition) is 0. The van der Waals surface area contributed by atoms with Crippen LogP contribution in [0.25, 0.3) is 0 Å². The highest BCUT2D eigenvalue weighted by Crippen LogP contribution is 2.63. The van der Waals surface area contributed by atoms with Gasteiger partial charge in [-0.15, -0.1) is 0 Å². The van der Waals surface area contributed by atoms with Gasteiger partial charge in [0.2, 0.25) is 0 Å². The van der Waals surface area contributed by atoms with Crippen LogP contribution < -0.4 is 4.90 Å². The maximum absolute atomic E-state index is 2.41. The molecule has 0 amide bonds. The van der Waals surface area contributed by atoms with Gasteiger partial charge in [-0.3, -0.25) is 0 Å². The van der Waals surface area contributed by atoms with E-state index in [4.69, 9.17) is 0 Å². The van der Waals surface area contributed by atoms with Crippen LogP contribution in [0, 0.1) is 5.92 Å². The largest absolute Gasteiger partial charge is 0.374 e. The Labute approximate surface area is 108 Å². The molecule has 4 rings (SSSR count). The molecule has 1 heteroatoms. The fourth-order valence-electron chi connectivity index (χ4n) is 3.74. The number of nitrogens with zero attached hydrogens (tertiary/aromatic N) is 1. The first-order valence-corrected chi connectivity index (χ1v) is 6.68. The van der Waals surface area contributed by atoms with Crippen LogP contribution in [0.1, 0.15) is 17.5 Å². The lowest BCUT2D eigenvalue weighted by Gasteiger charge is -2.33. The first kappa shape index (κ1) is 10.2. The van der Waals surface area contributed by atoms with E-state index in [2.05, 4.69) is 66.5 Å². The monoisotopic (exact) mass is 235 g/mol. The molecule has 1 nitrogen and oxygen atoms in total. The highest BCUT2D eigenvalue weighted by Gasteiger charge is 2.59. The molecule has 0 radical (unpaired) electrons. The average Bonchev–Trinajstić information content (AvgIpc) is 3.16. The first-order valence-electron chi connectivity index (χ1n) is 6.68. The van der Waals surface area contributed by atoms with Crippen molar-refractivity contribution in [2.75, 3.05) is 18.5 Å². The molecular weight excluding hydrogens is 218 g/mol. The Bertz CT molecular complexity index is 590. The molecule has 2 aromatic carbocycles. The fourth-order valence-corrected chi connectivity index (χ4v) is 3.74. The molecule has 1 fully saturated rings. The standard InChI is InChI=1S/C17H17N/c1-18-12-14-11-17(14,13-7-3-2-4-8-13)15-9-5-6-10-16(15)18/h2-10,14H,11-12H2,1H3/t14-,17+/m0/s1. The quantitative estimate of drug-likeness (QED) is 0.732. The number of fused-ring (bicyclic) bond motifs is 3. The summed E-state index contributed by atoms with van der Waals surface area (Å²) >= 11 is 0. The molecule has 1 saturated carbocycles. The van der Waals surface area contributed by atoms with E-state index in [1.807, 2.05) is 0 Å². The molecule has 0 saturated heterocycles. The van der Waals surface area contributed by atoms with Crippen LogP contribution in [0.4, 0.5) is 5.69 Å². The average molecular weight is 235 g/mol. The second-order valence-electron chi connectivity index (χ2n) is 5.64. The third-order valence-corrected chi connectivity index (χ3v) is 4.68. The number of rotatable bonds is 1. The van der Waals surface area contributed by atoms with E-state index in [0.717, 1.165) is 5.92 Å². The molecule has 2 aliphatic rings. The van der Waals surface area contributed by atoms with Crippen LogP contribution >= 0.6 is 0 Å². The zero-order chi connectivity index (χ0) is 12.2. The molecule has 0 aromatic heterocycles. The molecule has 2 atom stereocenters. The predicted octanol–water partition coefficient (Wildman–Crippen LogP) is 3.44. The molecule has 0 spiro atoms. The van der Waals surface area contributed by atoms with Crippen molar-refractivity contribution >= 4 is 5.69 Å². The minimum atomic E-state index is 0.310. The predicted molar refractivity (Wildman–Crippen MR) is 75.0 cm³/mol. The molecule has 2 aromatic rings. The van der Waals surface area contributed by atoms with Gasteiger partial charge >= 0.3 is 0 Å². The van der Waals surface area contributed by atoms with Gasteiger partial charge in [-0.1, -0.05) is 48.5 Å². The van der Waals surface area contributed by atoms with E-state index in [1.165, 1.54) is 29.8 Å². The Kier molecular flexibility index (Phi) is 1.91. The van der Waals surface area contributed by atoms with Gasteiger partial charge in [-0.05, 0) is 29.5 Å². The van der Waals surface area contributed by atoms with Crippen molar-refractivity contribution in [3.05, 3.63) is 65.7 Å². The van der Waals surface area contributed by atoms with Crippen LogP contribution in [-0.2, 0) is 5.41 Å². The summed E-state index contributed by atoms with van der Waals surface area (Å²) in [6.07, 6.45) is 1.30. The Morgan fingerprint density at radius 1 is 1.00 bits per heavy atom. The summed E-state index contributed by atoms with van der Waals surface area (Å²) in [5, 5.41) is 0. The van der Waals surface area contributed by atoms with Crippen LogP contribution in [0.5, 0.6) is 0 Å². The first-order chi connectivity index (χ1) is 8.82. The van der Waals surface area contributed by atoms with Gasteiger partial charge in [0.05, 0.1) is 0 Å². The summed E-state index contributed by atoms with van der Waals surface area (Å²) in [5.74, 6) is 0.791. The van der Waals surface area contributed by atoms with Crippen molar-refractivity contribution in [1.29, 1.82) is 0 Å². The third-order valence-electron chi connectivity index (χ3n) is 4.68. The lowest BCUT2D eigenvalue weighted by molar-refractivity contribution is 0.646. The molecule has 0 bridgehead atoms. The summed E-state index contributed by atoms with van der Waals surface area (Å²) < 4.78 is 0. The summed E-state index contributed by atoms with van der Waals surface area (Å²) in [6, 6.07) is 19.9. The smallest absolute Gasteiger partial charge is 0.0405 e. The maximum atomic E-state index is 2.41. The topological polar surface area (TPSA) is 3.24 Å². The van der Waals surface area contributed by atoms with Gasteiger partial charge in [0.15, 0.2) is 0 Å². The number of hydrogen-bond acceptors (Lipinski definition) is 1. The van der Waals surface area contributed by atoms with Crippen LogP contribution in [-0.4, -0.2) is 13.6 Å². The minimum absolute atomic E-state index is 0.310. The van der Waals surface area contributed by atoms with Crippen molar-refractivity contribution in [3.8, 4) is 0 Å². The highest BCUT2D eigenvalue weighted by atomic mass is 15.1. The minimum Gasteiger partial charge on any atom is -0.374 e. The second-order valence-corrected chi connectivity index (χ2v) is 5.64. The normalized spacial score (nSPS) is 28.5. The molecule has 1 aliphatic carbocycles. The van der Waals surface area contributed by atoms with E-state index in [9.17, 15) is 0 Å². The van der Waals surface area contributed by atoms with Gasteiger partial charge in [-0.25, -0.2) is 0 Å². The van der Waals surface area contributed by atoms with Crippen LogP contribution in [0.15, 0.2) is 54.6 Å². The number of benzene rings is 2. The molecule has 0 N–H and O–H groups in total. The molecule has 1 aliphatic heterocycles. The van der Waals surface area contributed by atoms with Crippen molar-refractivity contribution in [3.63, 3.8) is 0 Å².